The number of halogens is 1. The fraction of sp³-hybridized carbons (Fsp3) is 0.250. The van der Waals surface area contributed by atoms with E-state index >= 15 is 0 Å². The molecule has 0 radical (unpaired) electrons. The Hall–Kier alpha value is -3.34. The van der Waals surface area contributed by atoms with Gasteiger partial charge in [0.15, 0.2) is 20.8 Å². The van der Waals surface area contributed by atoms with E-state index in [-0.39, 0.29) is 34.5 Å². The van der Waals surface area contributed by atoms with Crippen LogP contribution in [0.2, 0.25) is 5.15 Å². The summed E-state index contributed by atoms with van der Waals surface area (Å²) >= 11 is 9.82. The Bertz CT molecular complexity index is 1490. The number of β-lactam (4-membered cyclic amide) rings is 1. The van der Waals surface area contributed by atoms with Crippen molar-refractivity contribution in [3.63, 3.8) is 0 Å². The van der Waals surface area contributed by atoms with Crippen LogP contribution in [0, 0.1) is 0 Å². The summed E-state index contributed by atoms with van der Waals surface area (Å²) in [5.41, 5.74) is 6.70. The number of nitrogens with two attached hydrogens (primary N) is 1. The summed E-state index contributed by atoms with van der Waals surface area (Å²) in [7, 11) is 1.28. The Morgan fingerprint density at radius 1 is 1.46 bits per heavy atom. The number of carboxylic acids is 1. The maximum atomic E-state index is 12.9. The van der Waals surface area contributed by atoms with Crippen molar-refractivity contribution in [2.24, 2.45) is 5.16 Å². The molecular formula is C20H17ClN8O5S3. The van der Waals surface area contributed by atoms with Crippen LogP contribution in [0.5, 0.6) is 0 Å². The van der Waals surface area contributed by atoms with E-state index in [0.29, 0.717) is 21.7 Å². The highest BCUT2D eigenvalue weighted by Gasteiger charge is 2.56. The van der Waals surface area contributed by atoms with E-state index in [1.165, 1.54) is 23.8 Å². The molecule has 4 N–H and O–H groups in total. The van der Waals surface area contributed by atoms with Gasteiger partial charge in [-0.15, -0.1) is 21.5 Å². The molecule has 0 bridgehead atoms. The molecule has 2 aliphatic heterocycles. The first-order chi connectivity index (χ1) is 17.7. The number of hydrogen-bond donors (Lipinski definition) is 3. The summed E-state index contributed by atoms with van der Waals surface area (Å²) in [4.78, 5) is 46.7. The second kappa shape index (κ2) is 9.85. The van der Waals surface area contributed by atoms with Crippen molar-refractivity contribution in [1.82, 2.24) is 29.8 Å². The second-order valence-electron chi connectivity index (χ2n) is 7.64. The van der Waals surface area contributed by atoms with Crippen molar-refractivity contribution in [2.45, 2.75) is 21.8 Å². The molecule has 3 aromatic rings. The molecule has 17 heteroatoms. The van der Waals surface area contributed by atoms with E-state index in [2.05, 4.69) is 30.5 Å². The normalized spacial score (nSPS) is 21.3. The smallest absolute Gasteiger partial charge is 0.352 e. The monoisotopic (exact) mass is 580 g/mol. The molecule has 0 spiro atoms. The summed E-state index contributed by atoms with van der Waals surface area (Å²) in [5, 5.41) is 27.0. The van der Waals surface area contributed by atoms with Gasteiger partial charge in [0.1, 0.15) is 24.2 Å². The SMILES string of the molecule is CON=CC(=O)NC1(c2csc(N)n2)S[C@H]2CC(=O)N2C(C(=O)O)=C1CSc1nnc2cccc(Cl)n12. The fourth-order valence-electron chi connectivity index (χ4n) is 3.99. The zero-order valence-electron chi connectivity index (χ0n) is 18.8. The number of nitrogens with zero attached hydrogens (tertiary/aromatic N) is 6. The Morgan fingerprint density at radius 2 is 2.27 bits per heavy atom. The highest BCUT2D eigenvalue weighted by Crippen LogP contribution is 2.55. The molecule has 192 valence electrons. The minimum atomic E-state index is -1.49. The number of carbonyl (C=O) groups excluding carboxylic acids is 2. The van der Waals surface area contributed by atoms with E-state index in [9.17, 15) is 19.5 Å². The molecule has 37 heavy (non-hydrogen) atoms. The third-order valence-corrected chi connectivity index (χ3v) is 9.01. The molecule has 13 nitrogen and oxygen atoms in total. The van der Waals surface area contributed by atoms with Crippen molar-refractivity contribution < 1.29 is 24.3 Å². The maximum Gasteiger partial charge on any atom is 0.352 e. The number of oxime groups is 1. The predicted molar refractivity (Wildman–Crippen MR) is 138 cm³/mol. The number of nitrogens with one attached hydrogen (secondary N) is 1. The third kappa shape index (κ3) is 4.39. The molecule has 5 heterocycles. The lowest BCUT2D eigenvalue weighted by Crippen LogP contribution is -2.61. The maximum absolute atomic E-state index is 12.9. The number of nitrogen functional groups attached to an aromatic ring is 1. The third-order valence-electron chi connectivity index (χ3n) is 5.53. The highest BCUT2D eigenvalue weighted by atomic mass is 35.5. The quantitative estimate of drug-likeness (QED) is 0.116. The van der Waals surface area contributed by atoms with Crippen LogP contribution >= 0.6 is 46.5 Å². The molecule has 2 aliphatic rings. The molecule has 0 saturated carbocycles. The van der Waals surface area contributed by atoms with Gasteiger partial charge in [0.05, 0.1) is 17.5 Å². The summed E-state index contributed by atoms with van der Waals surface area (Å²) in [6, 6.07) is 5.12. The molecule has 0 aromatic carbocycles. The largest absolute Gasteiger partial charge is 0.477 e. The summed E-state index contributed by atoms with van der Waals surface area (Å²) in [6.07, 6.45) is 1.02. The van der Waals surface area contributed by atoms with Gasteiger partial charge in [0.2, 0.25) is 5.91 Å². The number of aromatic nitrogens is 4. The van der Waals surface area contributed by atoms with E-state index in [1.807, 2.05) is 0 Å². The molecule has 3 aromatic heterocycles. The predicted octanol–water partition coefficient (Wildman–Crippen LogP) is 1.76. The van der Waals surface area contributed by atoms with Gasteiger partial charge < -0.3 is 21.0 Å². The van der Waals surface area contributed by atoms with E-state index in [1.54, 1.807) is 28.0 Å². The van der Waals surface area contributed by atoms with E-state index in [0.717, 1.165) is 29.3 Å². The lowest BCUT2D eigenvalue weighted by atomic mass is 9.98. The minimum absolute atomic E-state index is 0.0176. The van der Waals surface area contributed by atoms with Crippen molar-refractivity contribution in [2.75, 3.05) is 18.6 Å². The number of fused-ring (bicyclic) bond motifs is 2. The van der Waals surface area contributed by atoms with Crippen LogP contribution in [0.25, 0.3) is 5.65 Å². The number of thioether (sulfide) groups is 2. The number of carbonyl (C=O) groups is 3. The van der Waals surface area contributed by atoms with Crippen molar-refractivity contribution in [3.8, 4) is 0 Å². The van der Waals surface area contributed by atoms with Gasteiger partial charge >= 0.3 is 5.97 Å². The zero-order chi connectivity index (χ0) is 26.3. The molecule has 0 aliphatic carbocycles. The first-order valence-corrected chi connectivity index (χ1v) is 13.6. The number of hydrogen-bond acceptors (Lipinski definition) is 12. The van der Waals surface area contributed by atoms with Crippen molar-refractivity contribution in [1.29, 1.82) is 0 Å². The second-order valence-corrected chi connectivity index (χ2v) is 11.3. The van der Waals surface area contributed by atoms with Crippen molar-refractivity contribution >= 4 is 81.2 Å². The molecule has 1 unspecified atom stereocenters. The number of pyridine rings is 1. The molecule has 2 atom stereocenters. The van der Waals surface area contributed by atoms with Crippen LogP contribution in [-0.4, -0.2) is 71.8 Å². The summed E-state index contributed by atoms with van der Waals surface area (Å²) in [6.45, 7) is 0. The van der Waals surface area contributed by atoms with Gasteiger partial charge in [0.25, 0.3) is 5.91 Å². The Kier molecular flexibility index (Phi) is 6.74. The number of thiazole rings is 1. The topological polar surface area (TPSA) is 177 Å². The van der Waals surface area contributed by atoms with Crippen LogP contribution in [0.4, 0.5) is 5.13 Å². The van der Waals surface area contributed by atoms with Gasteiger partial charge in [0, 0.05) is 16.7 Å². The average Bonchev–Trinajstić information content (AvgIpc) is 3.48. The standard InChI is InChI=1S/C20H17ClN8O5S3/c1-34-23-6-13(30)25-20(10-8-35-18(22)24-10)9(16(17(32)33)29-14(31)5-15(29)37-20)7-36-19-27-26-12-4-2-3-11(21)28(12)19/h2-4,6,8,15H,5,7H2,1H3,(H2,22,24)(H,25,30)(H,32,33)/t15-,20?/m0/s1. The lowest BCUT2D eigenvalue weighted by Gasteiger charge is -2.51. The van der Waals surface area contributed by atoms with Crippen LogP contribution in [-0.2, 0) is 24.1 Å². The van der Waals surface area contributed by atoms with Crippen LogP contribution in [0.3, 0.4) is 0 Å². The fourth-order valence-corrected chi connectivity index (χ4v) is 7.76. The first-order valence-electron chi connectivity index (χ1n) is 10.4. The summed E-state index contributed by atoms with van der Waals surface area (Å²) in [5.74, 6) is -2.35. The number of aliphatic carboxylic acids is 1. The molecular weight excluding hydrogens is 564 g/mol. The average molecular weight is 581 g/mol. The van der Waals surface area contributed by atoms with Crippen LogP contribution < -0.4 is 11.1 Å². The first kappa shape index (κ1) is 25.3. The highest BCUT2D eigenvalue weighted by molar-refractivity contribution is 8.01. The van der Waals surface area contributed by atoms with Gasteiger partial charge in [-0.1, -0.05) is 46.3 Å². The molecule has 1 fully saturated rings. The zero-order valence-corrected chi connectivity index (χ0v) is 22.0. The molecule has 2 amide bonds. The summed E-state index contributed by atoms with van der Waals surface area (Å²) < 4.78 is 1.60. The number of anilines is 1. The van der Waals surface area contributed by atoms with E-state index in [4.69, 9.17) is 17.3 Å². The number of rotatable bonds is 8. The minimum Gasteiger partial charge on any atom is -0.477 e. The molecule has 5 rings (SSSR count). The van der Waals surface area contributed by atoms with Gasteiger partial charge in [-0.2, -0.15) is 0 Å². The van der Waals surface area contributed by atoms with Crippen molar-refractivity contribution in [3.05, 3.63) is 45.7 Å². The van der Waals surface area contributed by atoms with Gasteiger partial charge in [-0.3, -0.25) is 18.9 Å². The van der Waals surface area contributed by atoms with E-state index < -0.39 is 22.1 Å². The number of amides is 2. The Labute approximate surface area is 226 Å². The lowest BCUT2D eigenvalue weighted by molar-refractivity contribution is -0.146. The Morgan fingerprint density at radius 3 is 2.95 bits per heavy atom. The Balaban J connectivity index is 1.66. The van der Waals surface area contributed by atoms with Crippen LogP contribution in [0.15, 0.2) is 45.2 Å². The van der Waals surface area contributed by atoms with Gasteiger partial charge in [-0.25, -0.2) is 9.78 Å². The number of carboxylic acid groups (broad SMARTS) is 1. The molecule has 1 saturated heterocycles. The van der Waals surface area contributed by atoms with Crippen LogP contribution in [0.1, 0.15) is 12.1 Å². The van der Waals surface area contributed by atoms with Gasteiger partial charge in [-0.05, 0) is 12.1 Å².